The average Bonchev–Trinajstić information content (AvgIpc) is 2.87. The van der Waals surface area contributed by atoms with Gasteiger partial charge in [-0.2, -0.15) is 0 Å². The van der Waals surface area contributed by atoms with Gasteiger partial charge >= 0.3 is 0 Å². The molecule has 0 spiro atoms. The second-order valence-electron chi connectivity index (χ2n) is 5.26. The van der Waals surface area contributed by atoms with Crippen LogP contribution in [0.3, 0.4) is 0 Å². The van der Waals surface area contributed by atoms with Crippen molar-refractivity contribution in [1.82, 2.24) is 9.55 Å². The monoisotopic (exact) mass is 249 g/mol. The highest BCUT2D eigenvalue weighted by atomic mass is 16.1. The molecule has 2 rings (SSSR count). The standard InChI is InChI=1S/C14H23N3O/c1-2-8-17-9-7-16-14(17)13(18)12-5-3-11(10-15)4-6-12/h7,9,11-12H,2-6,8,10,15H2,1H3. The van der Waals surface area contributed by atoms with Crippen LogP contribution in [0.2, 0.25) is 0 Å². The molecular weight excluding hydrogens is 226 g/mol. The van der Waals surface area contributed by atoms with E-state index in [1.54, 1.807) is 6.20 Å². The highest BCUT2D eigenvalue weighted by molar-refractivity contribution is 5.94. The molecule has 4 nitrogen and oxygen atoms in total. The highest BCUT2D eigenvalue weighted by Gasteiger charge is 2.28. The molecule has 1 aliphatic rings. The van der Waals surface area contributed by atoms with Crippen LogP contribution in [0.5, 0.6) is 0 Å². The van der Waals surface area contributed by atoms with Crippen molar-refractivity contribution in [3.05, 3.63) is 18.2 Å². The number of nitrogens with zero attached hydrogens (tertiary/aromatic N) is 2. The zero-order chi connectivity index (χ0) is 13.0. The largest absolute Gasteiger partial charge is 0.330 e. The number of Topliss-reactive ketones (excluding diaryl/α,β-unsaturated/α-hetero) is 1. The van der Waals surface area contributed by atoms with E-state index in [9.17, 15) is 4.79 Å². The summed E-state index contributed by atoms with van der Waals surface area (Å²) in [6.45, 7) is 3.74. The molecule has 1 aliphatic carbocycles. The first kappa shape index (κ1) is 13.3. The number of imidazole rings is 1. The molecule has 1 heterocycles. The average molecular weight is 249 g/mol. The van der Waals surface area contributed by atoms with Gasteiger partial charge in [-0.25, -0.2) is 4.98 Å². The van der Waals surface area contributed by atoms with Crippen LogP contribution in [0, 0.1) is 11.8 Å². The Morgan fingerprint density at radius 3 is 2.78 bits per heavy atom. The van der Waals surface area contributed by atoms with E-state index in [1.165, 1.54) is 0 Å². The first-order valence-corrected chi connectivity index (χ1v) is 7.01. The van der Waals surface area contributed by atoms with Crippen molar-refractivity contribution in [2.75, 3.05) is 6.54 Å². The maximum Gasteiger partial charge on any atom is 0.201 e. The van der Waals surface area contributed by atoms with E-state index in [-0.39, 0.29) is 11.7 Å². The second kappa shape index (κ2) is 6.14. The van der Waals surface area contributed by atoms with E-state index < -0.39 is 0 Å². The minimum absolute atomic E-state index is 0.158. The van der Waals surface area contributed by atoms with Gasteiger partial charge in [0.1, 0.15) is 0 Å². The minimum Gasteiger partial charge on any atom is -0.330 e. The lowest BCUT2D eigenvalue weighted by molar-refractivity contribution is 0.0858. The third-order valence-corrected chi connectivity index (χ3v) is 3.95. The van der Waals surface area contributed by atoms with Crippen molar-refractivity contribution in [3.63, 3.8) is 0 Å². The van der Waals surface area contributed by atoms with Crippen LogP contribution in [0.1, 0.15) is 49.6 Å². The Kier molecular flexibility index (Phi) is 4.53. The molecule has 2 N–H and O–H groups in total. The molecule has 0 amide bonds. The lowest BCUT2D eigenvalue weighted by Gasteiger charge is -2.26. The molecule has 1 fully saturated rings. The Morgan fingerprint density at radius 1 is 1.44 bits per heavy atom. The van der Waals surface area contributed by atoms with Crippen LogP contribution in [0.15, 0.2) is 12.4 Å². The second-order valence-corrected chi connectivity index (χ2v) is 5.26. The molecule has 1 aromatic rings. The number of aryl methyl sites for hydroxylation is 1. The Balaban J connectivity index is 2.01. The Labute approximate surface area is 109 Å². The molecule has 1 aromatic heterocycles. The molecule has 0 aliphatic heterocycles. The first-order chi connectivity index (χ1) is 8.76. The van der Waals surface area contributed by atoms with E-state index in [0.717, 1.165) is 45.2 Å². The molecule has 0 unspecified atom stereocenters. The van der Waals surface area contributed by atoms with Crippen LogP contribution in [0.25, 0.3) is 0 Å². The fraction of sp³-hybridized carbons (Fsp3) is 0.714. The van der Waals surface area contributed by atoms with E-state index in [4.69, 9.17) is 5.73 Å². The summed E-state index contributed by atoms with van der Waals surface area (Å²) < 4.78 is 1.98. The number of nitrogens with two attached hydrogens (primary N) is 1. The summed E-state index contributed by atoms with van der Waals surface area (Å²) in [5.74, 6) is 1.65. The van der Waals surface area contributed by atoms with Gasteiger partial charge in [-0.05, 0) is 44.6 Å². The minimum atomic E-state index is 0.158. The van der Waals surface area contributed by atoms with E-state index in [2.05, 4.69) is 11.9 Å². The topological polar surface area (TPSA) is 60.9 Å². The highest BCUT2D eigenvalue weighted by Crippen LogP contribution is 2.30. The molecule has 0 aromatic carbocycles. The summed E-state index contributed by atoms with van der Waals surface area (Å²) in [7, 11) is 0. The van der Waals surface area contributed by atoms with Crippen molar-refractivity contribution < 1.29 is 4.79 Å². The van der Waals surface area contributed by atoms with Gasteiger partial charge in [0, 0.05) is 24.9 Å². The van der Waals surface area contributed by atoms with Crippen molar-refractivity contribution >= 4 is 5.78 Å². The Morgan fingerprint density at radius 2 is 2.17 bits per heavy atom. The normalized spacial score (nSPS) is 24.1. The third kappa shape index (κ3) is 2.80. The summed E-state index contributed by atoms with van der Waals surface area (Å²) in [5, 5.41) is 0. The zero-order valence-corrected chi connectivity index (χ0v) is 11.1. The molecule has 4 heteroatoms. The number of ketones is 1. The Bertz CT molecular complexity index is 391. The zero-order valence-electron chi connectivity index (χ0n) is 11.1. The third-order valence-electron chi connectivity index (χ3n) is 3.95. The van der Waals surface area contributed by atoms with E-state index >= 15 is 0 Å². The van der Waals surface area contributed by atoms with Crippen molar-refractivity contribution in [2.24, 2.45) is 17.6 Å². The van der Waals surface area contributed by atoms with Crippen LogP contribution >= 0.6 is 0 Å². The smallest absolute Gasteiger partial charge is 0.201 e. The molecule has 18 heavy (non-hydrogen) atoms. The van der Waals surface area contributed by atoms with E-state index in [1.807, 2.05) is 10.8 Å². The summed E-state index contributed by atoms with van der Waals surface area (Å²) >= 11 is 0. The van der Waals surface area contributed by atoms with Crippen LogP contribution in [-0.2, 0) is 6.54 Å². The number of aromatic nitrogens is 2. The van der Waals surface area contributed by atoms with Crippen LogP contribution in [-0.4, -0.2) is 21.9 Å². The first-order valence-electron chi connectivity index (χ1n) is 7.01. The van der Waals surface area contributed by atoms with Gasteiger partial charge in [-0.1, -0.05) is 6.92 Å². The molecule has 1 saturated carbocycles. The van der Waals surface area contributed by atoms with Gasteiger partial charge in [0.25, 0.3) is 0 Å². The van der Waals surface area contributed by atoms with Gasteiger partial charge in [-0.15, -0.1) is 0 Å². The number of rotatable bonds is 5. The summed E-state index contributed by atoms with van der Waals surface area (Å²) in [6, 6.07) is 0. The molecule has 0 bridgehead atoms. The van der Waals surface area contributed by atoms with Crippen molar-refractivity contribution in [1.29, 1.82) is 0 Å². The fourth-order valence-corrected chi connectivity index (χ4v) is 2.80. The van der Waals surface area contributed by atoms with Gasteiger partial charge < -0.3 is 10.3 Å². The van der Waals surface area contributed by atoms with Crippen molar-refractivity contribution in [2.45, 2.75) is 45.6 Å². The van der Waals surface area contributed by atoms with E-state index in [0.29, 0.717) is 11.7 Å². The summed E-state index contributed by atoms with van der Waals surface area (Å²) in [5.41, 5.74) is 5.68. The predicted molar refractivity (Wildman–Crippen MR) is 71.4 cm³/mol. The number of carbonyl (C=O) groups excluding carboxylic acids is 1. The molecule has 0 radical (unpaired) electrons. The Hall–Kier alpha value is -1.16. The number of hydrogen-bond acceptors (Lipinski definition) is 3. The van der Waals surface area contributed by atoms with Crippen molar-refractivity contribution in [3.8, 4) is 0 Å². The van der Waals surface area contributed by atoms with Crippen LogP contribution in [0.4, 0.5) is 0 Å². The molecule has 100 valence electrons. The fourth-order valence-electron chi connectivity index (χ4n) is 2.80. The van der Waals surface area contributed by atoms with Gasteiger partial charge in [0.15, 0.2) is 5.82 Å². The predicted octanol–water partition coefficient (Wildman–Crippen LogP) is 2.24. The molecule has 0 atom stereocenters. The quantitative estimate of drug-likeness (QED) is 0.814. The molecular formula is C14H23N3O. The maximum atomic E-state index is 12.4. The maximum absolute atomic E-state index is 12.4. The lowest BCUT2D eigenvalue weighted by atomic mass is 9.80. The van der Waals surface area contributed by atoms with Gasteiger partial charge in [0.2, 0.25) is 5.78 Å². The summed E-state index contributed by atoms with van der Waals surface area (Å²) in [6.07, 6.45) is 8.77. The van der Waals surface area contributed by atoms with Crippen LogP contribution < -0.4 is 5.73 Å². The number of hydrogen-bond donors (Lipinski definition) is 1. The lowest BCUT2D eigenvalue weighted by Crippen LogP contribution is -2.27. The van der Waals surface area contributed by atoms with Gasteiger partial charge in [0.05, 0.1) is 0 Å². The van der Waals surface area contributed by atoms with Gasteiger partial charge in [-0.3, -0.25) is 4.79 Å². The molecule has 0 saturated heterocycles. The summed E-state index contributed by atoms with van der Waals surface area (Å²) in [4.78, 5) is 16.7. The number of carbonyl (C=O) groups is 1. The SMILES string of the molecule is CCCn1ccnc1C(=O)C1CCC(CN)CC1.